The number of anilines is 1. The number of benzene rings is 1. The molecule has 1 aliphatic heterocycles. The average Bonchev–Trinajstić information content (AvgIpc) is 2.48. The van der Waals surface area contributed by atoms with Crippen LogP contribution in [0.5, 0.6) is 0 Å². The minimum atomic E-state index is -0.122. The van der Waals surface area contributed by atoms with Gasteiger partial charge in [0.15, 0.2) is 0 Å². The summed E-state index contributed by atoms with van der Waals surface area (Å²) in [4.78, 5) is 27.8. The fourth-order valence-electron chi connectivity index (χ4n) is 2.20. The lowest BCUT2D eigenvalue weighted by atomic mass is 10.1. The lowest BCUT2D eigenvalue weighted by Gasteiger charge is -2.32. The van der Waals surface area contributed by atoms with Crippen molar-refractivity contribution in [3.05, 3.63) is 29.8 Å². The number of carbonyl (C=O) groups excluding carboxylic acids is 2. The molecule has 0 spiro atoms. The van der Waals surface area contributed by atoms with E-state index >= 15 is 0 Å². The van der Waals surface area contributed by atoms with Gasteiger partial charge in [-0.15, -0.1) is 11.6 Å². The summed E-state index contributed by atoms with van der Waals surface area (Å²) in [6.45, 7) is 3.31. The van der Waals surface area contributed by atoms with E-state index in [4.69, 9.17) is 11.6 Å². The number of nitrogens with one attached hydrogen (secondary N) is 1. The first-order chi connectivity index (χ1) is 10.1. The molecular weight excluding hydrogens is 290 g/mol. The first-order valence-corrected chi connectivity index (χ1v) is 7.57. The molecule has 0 unspecified atom stereocenters. The van der Waals surface area contributed by atoms with Crippen LogP contribution in [0.3, 0.4) is 0 Å². The number of carbonyl (C=O) groups is 2. The molecule has 2 rings (SSSR count). The molecule has 1 aromatic carbocycles. The second-order valence-corrected chi connectivity index (χ2v) is 5.54. The summed E-state index contributed by atoms with van der Waals surface area (Å²) in [5.41, 5.74) is 1.33. The van der Waals surface area contributed by atoms with Crippen LogP contribution < -0.4 is 5.32 Å². The number of halogens is 1. The number of nitrogens with zero attached hydrogens (tertiary/aromatic N) is 2. The van der Waals surface area contributed by atoms with Crippen molar-refractivity contribution >= 4 is 29.1 Å². The number of hydrogen-bond acceptors (Lipinski definition) is 3. The molecule has 1 fully saturated rings. The van der Waals surface area contributed by atoms with E-state index in [0.29, 0.717) is 17.1 Å². The summed E-state index contributed by atoms with van der Waals surface area (Å²) >= 11 is 5.51. The van der Waals surface area contributed by atoms with E-state index in [-0.39, 0.29) is 18.2 Å². The van der Waals surface area contributed by atoms with E-state index in [2.05, 4.69) is 17.3 Å². The van der Waals surface area contributed by atoms with Crippen LogP contribution in [-0.2, 0) is 4.79 Å². The Balaban J connectivity index is 1.95. The monoisotopic (exact) mass is 309 g/mol. The molecule has 114 valence electrons. The van der Waals surface area contributed by atoms with Crippen LogP contribution in [0.1, 0.15) is 16.8 Å². The third-order valence-electron chi connectivity index (χ3n) is 3.53. The van der Waals surface area contributed by atoms with Crippen molar-refractivity contribution in [2.75, 3.05) is 44.4 Å². The average molecular weight is 310 g/mol. The summed E-state index contributed by atoms with van der Waals surface area (Å²) in [6.07, 6.45) is 0.281. The summed E-state index contributed by atoms with van der Waals surface area (Å²) in [6, 6.07) is 6.98. The lowest BCUT2D eigenvalue weighted by Crippen LogP contribution is -2.47. The van der Waals surface area contributed by atoms with Gasteiger partial charge in [-0.3, -0.25) is 9.59 Å². The van der Waals surface area contributed by atoms with Crippen LogP contribution in [0, 0.1) is 0 Å². The smallest absolute Gasteiger partial charge is 0.253 e. The lowest BCUT2D eigenvalue weighted by molar-refractivity contribution is -0.115. The maximum atomic E-state index is 12.3. The summed E-state index contributed by atoms with van der Waals surface area (Å²) < 4.78 is 0. The number of piperazine rings is 1. The van der Waals surface area contributed by atoms with Crippen LogP contribution >= 0.6 is 11.6 Å². The topological polar surface area (TPSA) is 52.6 Å². The molecule has 5 nitrogen and oxygen atoms in total. The minimum absolute atomic E-state index is 0.0433. The van der Waals surface area contributed by atoms with Gasteiger partial charge in [0.1, 0.15) is 0 Å². The summed E-state index contributed by atoms with van der Waals surface area (Å²) in [5.74, 6) is 0.219. The molecule has 1 aliphatic rings. The van der Waals surface area contributed by atoms with Gasteiger partial charge in [-0.2, -0.15) is 0 Å². The zero-order valence-electron chi connectivity index (χ0n) is 12.1. The molecule has 1 aromatic rings. The molecule has 21 heavy (non-hydrogen) atoms. The quantitative estimate of drug-likeness (QED) is 0.860. The molecule has 0 bridgehead atoms. The standard InChI is InChI=1S/C15H20ClN3O2/c1-18-8-10-19(11-9-18)15(21)12-2-4-13(5-3-12)17-14(20)6-7-16/h2-5H,6-11H2,1H3,(H,17,20). The summed E-state index contributed by atoms with van der Waals surface area (Å²) in [7, 11) is 2.06. The van der Waals surface area contributed by atoms with Crippen LogP contribution in [0.25, 0.3) is 0 Å². The Kier molecular flexibility index (Phi) is 5.59. The fourth-order valence-corrected chi connectivity index (χ4v) is 2.37. The Labute approximate surface area is 129 Å². The molecule has 0 atom stereocenters. The highest BCUT2D eigenvalue weighted by molar-refractivity contribution is 6.19. The van der Waals surface area contributed by atoms with Crippen LogP contribution in [-0.4, -0.2) is 60.7 Å². The van der Waals surface area contributed by atoms with Crippen molar-refractivity contribution in [2.45, 2.75) is 6.42 Å². The van der Waals surface area contributed by atoms with Gasteiger partial charge in [-0.25, -0.2) is 0 Å². The Bertz CT molecular complexity index is 496. The van der Waals surface area contributed by atoms with Crippen molar-refractivity contribution in [1.29, 1.82) is 0 Å². The van der Waals surface area contributed by atoms with Gasteiger partial charge in [0.05, 0.1) is 0 Å². The SMILES string of the molecule is CN1CCN(C(=O)c2ccc(NC(=O)CCCl)cc2)CC1. The van der Waals surface area contributed by atoms with E-state index in [1.165, 1.54) is 0 Å². The Morgan fingerprint density at radius 3 is 2.33 bits per heavy atom. The zero-order valence-corrected chi connectivity index (χ0v) is 12.9. The molecule has 0 saturated carbocycles. The summed E-state index contributed by atoms with van der Waals surface area (Å²) in [5, 5.41) is 2.74. The van der Waals surface area contributed by atoms with E-state index in [1.807, 2.05) is 4.90 Å². The second kappa shape index (κ2) is 7.43. The van der Waals surface area contributed by atoms with E-state index in [0.717, 1.165) is 26.2 Å². The molecular formula is C15H20ClN3O2. The highest BCUT2D eigenvalue weighted by Gasteiger charge is 2.20. The molecule has 6 heteroatoms. The third-order valence-corrected chi connectivity index (χ3v) is 3.72. The van der Waals surface area contributed by atoms with Crippen LogP contribution in [0.4, 0.5) is 5.69 Å². The number of likely N-dealkylation sites (N-methyl/N-ethyl adjacent to an activating group) is 1. The highest BCUT2D eigenvalue weighted by Crippen LogP contribution is 2.13. The van der Waals surface area contributed by atoms with Gasteiger partial charge in [-0.05, 0) is 31.3 Å². The predicted octanol–water partition coefficient (Wildman–Crippen LogP) is 1.64. The van der Waals surface area contributed by atoms with Crippen LogP contribution in [0.2, 0.25) is 0 Å². The van der Waals surface area contributed by atoms with Gasteiger partial charge >= 0.3 is 0 Å². The van der Waals surface area contributed by atoms with Gasteiger partial charge < -0.3 is 15.1 Å². The second-order valence-electron chi connectivity index (χ2n) is 5.16. The Morgan fingerprint density at radius 1 is 1.14 bits per heavy atom. The molecule has 1 saturated heterocycles. The minimum Gasteiger partial charge on any atom is -0.336 e. The van der Waals surface area contributed by atoms with Crippen molar-refractivity contribution in [2.24, 2.45) is 0 Å². The number of amides is 2. The van der Waals surface area contributed by atoms with Crippen LogP contribution in [0.15, 0.2) is 24.3 Å². The number of alkyl halides is 1. The fraction of sp³-hybridized carbons (Fsp3) is 0.467. The molecule has 1 heterocycles. The Morgan fingerprint density at radius 2 is 1.76 bits per heavy atom. The highest BCUT2D eigenvalue weighted by atomic mass is 35.5. The molecule has 0 aromatic heterocycles. The van der Waals surface area contributed by atoms with E-state index in [1.54, 1.807) is 24.3 Å². The first kappa shape index (κ1) is 15.8. The maximum absolute atomic E-state index is 12.3. The van der Waals surface area contributed by atoms with Gasteiger partial charge in [0, 0.05) is 49.7 Å². The van der Waals surface area contributed by atoms with Crippen molar-refractivity contribution in [3.8, 4) is 0 Å². The molecule has 1 N–H and O–H groups in total. The van der Waals surface area contributed by atoms with Crippen molar-refractivity contribution < 1.29 is 9.59 Å². The van der Waals surface area contributed by atoms with Gasteiger partial charge in [0.2, 0.25) is 5.91 Å². The molecule has 0 radical (unpaired) electrons. The zero-order chi connectivity index (χ0) is 15.2. The molecule has 0 aliphatic carbocycles. The largest absolute Gasteiger partial charge is 0.336 e. The van der Waals surface area contributed by atoms with Crippen molar-refractivity contribution in [1.82, 2.24) is 9.80 Å². The predicted molar refractivity (Wildman–Crippen MR) is 83.8 cm³/mol. The van der Waals surface area contributed by atoms with Gasteiger partial charge in [0.25, 0.3) is 5.91 Å². The first-order valence-electron chi connectivity index (χ1n) is 7.04. The Hall–Kier alpha value is -1.59. The van der Waals surface area contributed by atoms with E-state index < -0.39 is 0 Å². The van der Waals surface area contributed by atoms with E-state index in [9.17, 15) is 9.59 Å². The number of hydrogen-bond donors (Lipinski definition) is 1. The van der Waals surface area contributed by atoms with Crippen molar-refractivity contribution in [3.63, 3.8) is 0 Å². The normalized spacial score (nSPS) is 15.8. The third kappa shape index (κ3) is 4.44. The van der Waals surface area contributed by atoms with Gasteiger partial charge in [-0.1, -0.05) is 0 Å². The number of rotatable bonds is 4. The maximum Gasteiger partial charge on any atom is 0.253 e. The molecule has 2 amide bonds.